The van der Waals surface area contributed by atoms with Gasteiger partial charge in [0.15, 0.2) is 0 Å². The van der Waals surface area contributed by atoms with Gasteiger partial charge in [-0.3, -0.25) is 29.6 Å². The summed E-state index contributed by atoms with van der Waals surface area (Å²) in [7, 11) is 1.80. The third-order valence-electron chi connectivity index (χ3n) is 9.34. The molecule has 1 saturated carbocycles. The van der Waals surface area contributed by atoms with Crippen molar-refractivity contribution < 1.29 is 23.9 Å². The van der Waals surface area contributed by atoms with Crippen LogP contribution in [0.3, 0.4) is 0 Å². The van der Waals surface area contributed by atoms with Gasteiger partial charge in [0.25, 0.3) is 5.91 Å². The molecule has 3 amide bonds. The highest BCUT2D eigenvalue weighted by molar-refractivity contribution is 6.05. The van der Waals surface area contributed by atoms with Crippen LogP contribution in [-0.2, 0) is 27.4 Å². The van der Waals surface area contributed by atoms with Crippen LogP contribution in [0.15, 0.2) is 48.5 Å². The van der Waals surface area contributed by atoms with E-state index in [1.54, 1.807) is 18.1 Å². The molecule has 0 spiro atoms. The number of aromatic nitrogens is 1. The standard InChI is InChI=1S/C33H36N4O5/c1-41-30-4-2-3-26(30)28-10-6-21-15-20(5-9-27(21)34-28)17-36-14-13-24(19-36)42-23-7-8-25-22(16-23)18-37(33(25)40)29-11-12-31(38)35-32(29)39/h5-10,15-16,24,26,29-30H,2-4,11-14,17-19H2,1H3,(H,35,38,39)/t24?,26-,29?,30+/m0/s1. The highest BCUT2D eigenvalue weighted by atomic mass is 16.5. The molecule has 4 aliphatic rings. The van der Waals surface area contributed by atoms with Crippen LogP contribution >= 0.6 is 0 Å². The lowest BCUT2D eigenvalue weighted by molar-refractivity contribution is -0.136. The highest BCUT2D eigenvalue weighted by Crippen LogP contribution is 2.36. The summed E-state index contributed by atoms with van der Waals surface area (Å²) in [5.74, 6) is 0.276. The summed E-state index contributed by atoms with van der Waals surface area (Å²) in [6.07, 6.45) is 5.30. The Labute approximate surface area is 245 Å². The average Bonchev–Trinajstić information content (AvgIpc) is 3.72. The van der Waals surface area contributed by atoms with Crippen molar-refractivity contribution in [2.24, 2.45) is 0 Å². The number of likely N-dealkylation sites (tertiary alicyclic amines) is 1. The van der Waals surface area contributed by atoms with Gasteiger partial charge in [-0.1, -0.05) is 18.6 Å². The van der Waals surface area contributed by atoms with E-state index in [0.29, 0.717) is 24.4 Å². The van der Waals surface area contributed by atoms with Crippen molar-refractivity contribution in [3.8, 4) is 5.75 Å². The number of amides is 3. The first-order valence-electron chi connectivity index (χ1n) is 15.0. The molecular weight excluding hydrogens is 532 g/mol. The lowest BCUT2D eigenvalue weighted by Crippen LogP contribution is -2.52. The van der Waals surface area contributed by atoms with Crippen LogP contribution in [0.25, 0.3) is 10.9 Å². The quantitative estimate of drug-likeness (QED) is 0.431. The van der Waals surface area contributed by atoms with Crippen molar-refractivity contribution in [1.29, 1.82) is 0 Å². The van der Waals surface area contributed by atoms with Crippen LogP contribution in [0.2, 0.25) is 0 Å². The predicted molar refractivity (Wildman–Crippen MR) is 156 cm³/mol. The van der Waals surface area contributed by atoms with E-state index in [0.717, 1.165) is 66.8 Å². The van der Waals surface area contributed by atoms with Crippen LogP contribution < -0.4 is 10.1 Å². The number of carbonyl (C=O) groups is 3. The fourth-order valence-electron chi connectivity index (χ4n) is 7.15. The maximum Gasteiger partial charge on any atom is 0.255 e. The van der Waals surface area contributed by atoms with Gasteiger partial charge < -0.3 is 14.4 Å². The number of ether oxygens (including phenoxy) is 2. The molecular formula is C33H36N4O5. The Balaban J connectivity index is 0.962. The number of benzene rings is 2. The first-order valence-corrected chi connectivity index (χ1v) is 15.0. The fraction of sp³-hybridized carbons (Fsp3) is 0.455. The molecule has 0 radical (unpaired) electrons. The molecule has 7 rings (SSSR count). The Hall–Kier alpha value is -3.82. The Kier molecular flexibility index (Phi) is 7.15. The van der Waals surface area contributed by atoms with Gasteiger partial charge >= 0.3 is 0 Å². The Morgan fingerprint density at radius 1 is 1.00 bits per heavy atom. The van der Waals surface area contributed by atoms with Gasteiger partial charge in [0.1, 0.15) is 17.9 Å². The van der Waals surface area contributed by atoms with E-state index >= 15 is 0 Å². The molecule has 3 aliphatic heterocycles. The van der Waals surface area contributed by atoms with Crippen LogP contribution in [-0.4, -0.2) is 71.0 Å². The number of nitrogens with one attached hydrogen (secondary N) is 1. The molecule has 2 unspecified atom stereocenters. The summed E-state index contributed by atoms with van der Waals surface area (Å²) in [4.78, 5) is 45.8. The minimum Gasteiger partial charge on any atom is -0.489 e. The minimum absolute atomic E-state index is 0.0659. The fourth-order valence-corrected chi connectivity index (χ4v) is 7.15. The number of pyridine rings is 1. The number of piperidine rings is 1. The molecule has 2 saturated heterocycles. The Morgan fingerprint density at radius 2 is 1.90 bits per heavy atom. The van der Waals surface area contributed by atoms with Crippen molar-refractivity contribution in [3.05, 3.63) is 70.9 Å². The van der Waals surface area contributed by atoms with Crippen LogP contribution in [0, 0.1) is 0 Å². The van der Waals surface area contributed by atoms with Crippen LogP contribution in [0.5, 0.6) is 5.75 Å². The van der Waals surface area contributed by atoms with Gasteiger partial charge in [0.2, 0.25) is 11.8 Å². The Morgan fingerprint density at radius 3 is 2.76 bits per heavy atom. The van der Waals surface area contributed by atoms with Gasteiger partial charge in [-0.25, -0.2) is 0 Å². The highest BCUT2D eigenvalue weighted by Gasteiger charge is 2.39. The second-order valence-corrected chi connectivity index (χ2v) is 12.1. The normalized spacial score (nSPS) is 26.2. The molecule has 1 N–H and O–H groups in total. The number of hydrogen-bond donors (Lipinski definition) is 1. The number of imide groups is 1. The monoisotopic (exact) mass is 568 g/mol. The molecule has 4 atom stereocenters. The van der Waals surface area contributed by atoms with E-state index in [1.807, 2.05) is 12.1 Å². The number of carbonyl (C=O) groups excluding carboxylic acids is 3. The molecule has 9 heteroatoms. The van der Waals surface area contributed by atoms with E-state index in [1.165, 1.54) is 12.0 Å². The van der Waals surface area contributed by atoms with Gasteiger partial charge in [0.05, 0.1) is 11.6 Å². The van der Waals surface area contributed by atoms with Gasteiger partial charge in [-0.2, -0.15) is 0 Å². The molecule has 1 aromatic heterocycles. The SMILES string of the molecule is CO[C@@H]1CCC[C@H]1c1ccc2cc(CN3CCC(Oc4ccc5c(c4)CN(C4CCC(=O)NC4=O)C5=O)C3)ccc2n1. The topological polar surface area (TPSA) is 101 Å². The second-order valence-electron chi connectivity index (χ2n) is 12.1. The molecule has 1 aliphatic carbocycles. The minimum atomic E-state index is -0.612. The lowest BCUT2D eigenvalue weighted by Gasteiger charge is -2.29. The zero-order valence-electron chi connectivity index (χ0n) is 23.9. The van der Waals surface area contributed by atoms with E-state index in [4.69, 9.17) is 14.5 Å². The average molecular weight is 569 g/mol. The number of nitrogens with zero attached hydrogens (tertiary/aromatic N) is 3. The summed E-state index contributed by atoms with van der Waals surface area (Å²) in [5.41, 5.74) is 4.89. The van der Waals surface area contributed by atoms with E-state index < -0.39 is 11.9 Å². The lowest BCUT2D eigenvalue weighted by atomic mass is 9.99. The predicted octanol–water partition coefficient (Wildman–Crippen LogP) is 3.93. The molecule has 3 aromatic rings. The van der Waals surface area contributed by atoms with Gasteiger partial charge in [-0.15, -0.1) is 0 Å². The smallest absolute Gasteiger partial charge is 0.255 e. The molecule has 218 valence electrons. The number of rotatable bonds is 7. The van der Waals surface area contributed by atoms with Gasteiger partial charge in [-0.05, 0) is 73.2 Å². The molecule has 0 bridgehead atoms. The molecule has 2 aromatic carbocycles. The van der Waals surface area contributed by atoms with Crippen molar-refractivity contribution in [2.75, 3.05) is 20.2 Å². The number of hydrogen-bond acceptors (Lipinski definition) is 7. The Bertz CT molecular complexity index is 1560. The summed E-state index contributed by atoms with van der Waals surface area (Å²) >= 11 is 0. The zero-order chi connectivity index (χ0) is 28.8. The summed E-state index contributed by atoms with van der Waals surface area (Å²) in [6, 6.07) is 15.9. The first kappa shape index (κ1) is 27.0. The maximum atomic E-state index is 13.0. The van der Waals surface area contributed by atoms with Crippen molar-refractivity contribution in [3.63, 3.8) is 0 Å². The van der Waals surface area contributed by atoms with E-state index in [-0.39, 0.29) is 30.4 Å². The largest absolute Gasteiger partial charge is 0.489 e. The first-order chi connectivity index (χ1) is 20.4. The summed E-state index contributed by atoms with van der Waals surface area (Å²) in [6.45, 7) is 2.98. The zero-order valence-corrected chi connectivity index (χ0v) is 23.9. The maximum absolute atomic E-state index is 13.0. The second kappa shape index (κ2) is 11.1. The third kappa shape index (κ3) is 5.16. The van der Waals surface area contributed by atoms with Crippen molar-refractivity contribution >= 4 is 28.6 Å². The number of methoxy groups -OCH3 is 1. The molecule has 4 heterocycles. The van der Waals surface area contributed by atoms with E-state index in [9.17, 15) is 14.4 Å². The van der Waals surface area contributed by atoms with Crippen LogP contribution in [0.4, 0.5) is 0 Å². The van der Waals surface area contributed by atoms with Gasteiger partial charge in [0, 0.05) is 62.3 Å². The van der Waals surface area contributed by atoms with E-state index in [2.05, 4.69) is 40.5 Å². The summed E-state index contributed by atoms with van der Waals surface area (Å²) in [5, 5.41) is 3.51. The van der Waals surface area contributed by atoms with Crippen LogP contribution in [0.1, 0.15) is 71.6 Å². The summed E-state index contributed by atoms with van der Waals surface area (Å²) < 4.78 is 12.0. The number of fused-ring (bicyclic) bond motifs is 2. The molecule has 3 fully saturated rings. The van der Waals surface area contributed by atoms with Crippen molar-refractivity contribution in [2.45, 2.75) is 75.8 Å². The molecule has 42 heavy (non-hydrogen) atoms. The molecule has 9 nitrogen and oxygen atoms in total. The van der Waals surface area contributed by atoms with Crippen molar-refractivity contribution in [1.82, 2.24) is 20.1 Å². The third-order valence-corrected chi connectivity index (χ3v) is 9.34.